The summed E-state index contributed by atoms with van der Waals surface area (Å²) < 4.78 is 0. The Morgan fingerprint density at radius 1 is 1.22 bits per heavy atom. The number of aromatic nitrogens is 1. The van der Waals surface area contributed by atoms with Gasteiger partial charge in [-0.3, -0.25) is 4.98 Å². The Bertz CT molecular complexity index is 522. The first-order valence-electron chi connectivity index (χ1n) is 6.53. The fraction of sp³-hybridized carbons (Fsp3) is 0.312. The molecule has 0 amide bonds. The third kappa shape index (κ3) is 2.04. The van der Waals surface area contributed by atoms with E-state index in [-0.39, 0.29) is 0 Å². The van der Waals surface area contributed by atoms with Gasteiger partial charge >= 0.3 is 0 Å². The number of pyridine rings is 1. The minimum absolute atomic E-state index is 0.481. The van der Waals surface area contributed by atoms with Crippen molar-refractivity contribution in [1.29, 1.82) is 0 Å². The van der Waals surface area contributed by atoms with E-state index in [9.17, 15) is 0 Å². The van der Waals surface area contributed by atoms with Gasteiger partial charge in [0.2, 0.25) is 0 Å². The quantitative estimate of drug-likeness (QED) is 0.885. The molecule has 1 N–H and O–H groups in total. The van der Waals surface area contributed by atoms with Crippen LogP contribution in [0.2, 0.25) is 0 Å². The summed E-state index contributed by atoms with van der Waals surface area (Å²) in [6.45, 7) is 0. The molecule has 3 rings (SSSR count). The summed E-state index contributed by atoms with van der Waals surface area (Å²) in [5.41, 5.74) is 4.18. The molecule has 1 aromatic carbocycles. The minimum Gasteiger partial charge on any atom is -0.316 e. The SMILES string of the molecule is CNC(Cc1ccccn1)C1Cc2ccccc21. The number of likely N-dealkylation sites (N-methyl/N-ethyl adjacent to an activating group) is 1. The molecule has 2 atom stereocenters. The maximum absolute atomic E-state index is 4.42. The number of fused-ring (bicyclic) bond motifs is 1. The zero-order valence-corrected chi connectivity index (χ0v) is 10.6. The number of hydrogen-bond donors (Lipinski definition) is 1. The molecule has 0 fully saturated rings. The molecular weight excluding hydrogens is 220 g/mol. The van der Waals surface area contributed by atoms with Gasteiger partial charge in [-0.15, -0.1) is 0 Å². The summed E-state index contributed by atoms with van der Waals surface area (Å²) >= 11 is 0. The molecule has 0 saturated carbocycles. The van der Waals surface area contributed by atoms with E-state index in [1.807, 2.05) is 12.3 Å². The normalized spacial score (nSPS) is 18.8. The van der Waals surface area contributed by atoms with Gasteiger partial charge in [-0.1, -0.05) is 30.3 Å². The van der Waals surface area contributed by atoms with Gasteiger partial charge in [0.05, 0.1) is 0 Å². The predicted octanol–water partition coefficient (Wildman–Crippen LogP) is 2.55. The molecule has 2 nitrogen and oxygen atoms in total. The highest BCUT2D eigenvalue weighted by Gasteiger charge is 2.31. The molecular formula is C16H18N2. The Kier molecular flexibility index (Phi) is 3.11. The summed E-state index contributed by atoms with van der Waals surface area (Å²) in [5.74, 6) is 0.633. The lowest BCUT2D eigenvalue weighted by Crippen LogP contribution is -2.39. The van der Waals surface area contributed by atoms with E-state index < -0.39 is 0 Å². The molecule has 0 spiro atoms. The van der Waals surface area contributed by atoms with Crippen molar-refractivity contribution in [3.05, 3.63) is 65.5 Å². The van der Waals surface area contributed by atoms with Gasteiger partial charge in [0.1, 0.15) is 0 Å². The standard InChI is InChI=1S/C16H18N2/c1-17-16(11-13-7-4-5-9-18-13)15-10-12-6-2-3-8-14(12)15/h2-9,15-17H,10-11H2,1H3. The average Bonchev–Trinajstić information content (AvgIpc) is 2.40. The second-order valence-corrected chi connectivity index (χ2v) is 4.93. The number of hydrogen-bond acceptors (Lipinski definition) is 2. The second-order valence-electron chi connectivity index (χ2n) is 4.93. The van der Waals surface area contributed by atoms with Gasteiger partial charge in [-0.05, 0) is 36.7 Å². The summed E-state index contributed by atoms with van der Waals surface area (Å²) in [6, 6.07) is 15.4. The fourth-order valence-electron chi connectivity index (χ4n) is 2.85. The Balaban J connectivity index is 1.75. The van der Waals surface area contributed by atoms with E-state index in [1.54, 1.807) is 0 Å². The first-order chi connectivity index (χ1) is 8.88. The first kappa shape index (κ1) is 11.4. The molecule has 0 saturated heterocycles. The summed E-state index contributed by atoms with van der Waals surface area (Å²) in [4.78, 5) is 4.42. The molecule has 92 valence electrons. The van der Waals surface area contributed by atoms with E-state index in [2.05, 4.69) is 53.7 Å². The molecule has 2 unspecified atom stereocenters. The van der Waals surface area contributed by atoms with Crippen LogP contribution in [0.4, 0.5) is 0 Å². The van der Waals surface area contributed by atoms with E-state index in [0.29, 0.717) is 12.0 Å². The maximum atomic E-state index is 4.42. The summed E-state index contributed by atoms with van der Waals surface area (Å²) in [5, 5.41) is 3.45. The third-order valence-electron chi connectivity index (χ3n) is 3.91. The molecule has 0 bridgehead atoms. The molecule has 1 aromatic heterocycles. The molecule has 1 aliphatic rings. The van der Waals surface area contributed by atoms with Crippen molar-refractivity contribution in [2.75, 3.05) is 7.05 Å². The Morgan fingerprint density at radius 3 is 2.78 bits per heavy atom. The lowest BCUT2D eigenvalue weighted by molar-refractivity contribution is 0.419. The highest BCUT2D eigenvalue weighted by molar-refractivity contribution is 5.41. The van der Waals surface area contributed by atoms with E-state index in [0.717, 1.165) is 6.42 Å². The van der Waals surface area contributed by atoms with Crippen LogP contribution >= 0.6 is 0 Å². The maximum Gasteiger partial charge on any atom is 0.0419 e. The van der Waals surface area contributed by atoms with Crippen molar-refractivity contribution in [3.63, 3.8) is 0 Å². The lowest BCUT2D eigenvalue weighted by atomic mass is 9.72. The van der Waals surface area contributed by atoms with Crippen LogP contribution < -0.4 is 5.32 Å². The van der Waals surface area contributed by atoms with Crippen molar-refractivity contribution >= 4 is 0 Å². The van der Waals surface area contributed by atoms with Crippen molar-refractivity contribution < 1.29 is 0 Å². The highest BCUT2D eigenvalue weighted by atomic mass is 14.9. The Labute approximate surface area is 108 Å². The van der Waals surface area contributed by atoms with Gasteiger partial charge in [-0.25, -0.2) is 0 Å². The number of nitrogens with zero attached hydrogens (tertiary/aromatic N) is 1. The lowest BCUT2D eigenvalue weighted by Gasteiger charge is -2.36. The smallest absolute Gasteiger partial charge is 0.0419 e. The van der Waals surface area contributed by atoms with Crippen molar-refractivity contribution in [2.45, 2.75) is 24.8 Å². The third-order valence-corrected chi connectivity index (χ3v) is 3.91. The van der Waals surface area contributed by atoms with Gasteiger partial charge in [0.15, 0.2) is 0 Å². The summed E-state index contributed by atoms with van der Waals surface area (Å²) in [7, 11) is 2.05. The fourth-order valence-corrected chi connectivity index (χ4v) is 2.85. The van der Waals surface area contributed by atoms with Crippen LogP contribution in [0.25, 0.3) is 0 Å². The van der Waals surface area contributed by atoms with Crippen molar-refractivity contribution in [2.24, 2.45) is 0 Å². The topological polar surface area (TPSA) is 24.9 Å². The van der Waals surface area contributed by atoms with Gasteiger partial charge in [0.25, 0.3) is 0 Å². The van der Waals surface area contributed by atoms with Crippen LogP contribution in [0.1, 0.15) is 22.7 Å². The number of rotatable bonds is 4. The molecule has 0 aliphatic heterocycles. The van der Waals surface area contributed by atoms with Crippen LogP contribution in [-0.4, -0.2) is 18.1 Å². The monoisotopic (exact) mass is 238 g/mol. The zero-order chi connectivity index (χ0) is 12.4. The van der Waals surface area contributed by atoms with Crippen LogP contribution in [0.5, 0.6) is 0 Å². The van der Waals surface area contributed by atoms with Crippen molar-refractivity contribution in [3.8, 4) is 0 Å². The van der Waals surface area contributed by atoms with Gasteiger partial charge in [-0.2, -0.15) is 0 Å². The molecule has 1 aliphatic carbocycles. The van der Waals surface area contributed by atoms with Gasteiger partial charge < -0.3 is 5.32 Å². The van der Waals surface area contributed by atoms with Crippen molar-refractivity contribution in [1.82, 2.24) is 10.3 Å². The Morgan fingerprint density at radius 2 is 2.06 bits per heavy atom. The molecule has 18 heavy (non-hydrogen) atoms. The molecule has 2 aromatic rings. The highest BCUT2D eigenvalue weighted by Crippen LogP contribution is 2.37. The predicted molar refractivity (Wildman–Crippen MR) is 73.7 cm³/mol. The molecule has 2 heteroatoms. The van der Waals surface area contributed by atoms with Gasteiger partial charge in [0, 0.05) is 30.3 Å². The van der Waals surface area contributed by atoms with E-state index in [4.69, 9.17) is 0 Å². The average molecular weight is 238 g/mol. The first-order valence-corrected chi connectivity index (χ1v) is 6.53. The van der Waals surface area contributed by atoms with E-state index >= 15 is 0 Å². The summed E-state index contributed by atoms with van der Waals surface area (Å²) in [6.07, 6.45) is 4.06. The second kappa shape index (κ2) is 4.91. The largest absolute Gasteiger partial charge is 0.316 e. The minimum atomic E-state index is 0.481. The number of benzene rings is 1. The van der Waals surface area contributed by atoms with Crippen LogP contribution in [0.15, 0.2) is 48.7 Å². The van der Waals surface area contributed by atoms with Crippen LogP contribution in [0, 0.1) is 0 Å². The molecule has 0 radical (unpaired) electrons. The van der Waals surface area contributed by atoms with Crippen LogP contribution in [-0.2, 0) is 12.8 Å². The molecule has 1 heterocycles. The van der Waals surface area contributed by atoms with Crippen LogP contribution in [0.3, 0.4) is 0 Å². The van der Waals surface area contributed by atoms with E-state index in [1.165, 1.54) is 23.2 Å². The number of nitrogens with one attached hydrogen (secondary N) is 1. The Hall–Kier alpha value is -1.67. The zero-order valence-electron chi connectivity index (χ0n) is 10.6.